The minimum absolute atomic E-state index is 0.0137. The first kappa shape index (κ1) is 12.6. The van der Waals surface area contributed by atoms with E-state index in [1.165, 1.54) is 12.1 Å². The van der Waals surface area contributed by atoms with Crippen molar-refractivity contribution < 1.29 is 22.7 Å². The average molecular weight is 260 g/mol. The van der Waals surface area contributed by atoms with E-state index < -0.39 is 23.7 Å². The second kappa shape index (κ2) is 4.41. The highest BCUT2D eigenvalue weighted by Crippen LogP contribution is 2.36. The first-order valence-corrected chi connectivity index (χ1v) is 4.93. The lowest BCUT2D eigenvalue weighted by molar-refractivity contribution is -0.206. The van der Waals surface area contributed by atoms with Gasteiger partial charge in [0.25, 0.3) is 0 Å². The second-order valence-corrected chi connectivity index (χ2v) is 3.65. The van der Waals surface area contributed by atoms with Crippen molar-refractivity contribution in [2.45, 2.75) is 12.3 Å². The molecule has 0 aliphatic heterocycles. The third kappa shape index (κ3) is 2.35. The molecule has 7 heteroatoms. The molecular weight excluding hydrogens is 252 g/mol. The highest BCUT2D eigenvalue weighted by atomic mass is 19.4. The molecule has 1 aromatic carbocycles. The molecule has 0 spiro atoms. The molecule has 0 saturated heterocycles. The van der Waals surface area contributed by atoms with Crippen LogP contribution in [0.15, 0.2) is 30.5 Å². The molecule has 0 unspecified atom stereocenters. The molecule has 0 fully saturated rings. The van der Waals surface area contributed by atoms with E-state index in [-0.39, 0.29) is 5.69 Å². The van der Waals surface area contributed by atoms with Crippen LogP contribution in [0.3, 0.4) is 0 Å². The molecule has 2 N–H and O–H groups in total. The summed E-state index contributed by atoms with van der Waals surface area (Å²) in [6.07, 6.45) is -6.51. The predicted molar refractivity (Wildman–Crippen MR) is 55.0 cm³/mol. The second-order valence-electron chi connectivity index (χ2n) is 3.65. The predicted octanol–water partition coefficient (Wildman–Crippen LogP) is 2.81. The van der Waals surface area contributed by atoms with Crippen LogP contribution in [0, 0.1) is 5.82 Å². The zero-order valence-corrected chi connectivity index (χ0v) is 8.87. The molecule has 1 atom stereocenters. The number of aliphatic hydroxyl groups is 1. The number of aromatic amines is 1. The Morgan fingerprint density at radius 2 is 1.78 bits per heavy atom. The summed E-state index contributed by atoms with van der Waals surface area (Å²) in [5, 5.41) is 15.0. The molecule has 96 valence electrons. The number of rotatable bonds is 2. The van der Waals surface area contributed by atoms with Gasteiger partial charge in [0.15, 0.2) is 6.10 Å². The number of halogens is 4. The zero-order valence-electron chi connectivity index (χ0n) is 8.87. The molecule has 0 amide bonds. The molecule has 0 saturated carbocycles. The third-order valence-electron chi connectivity index (χ3n) is 2.41. The maximum absolute atomic E-state index is 12.7. The van der Waals surface area contributed by atoms with Crippen molar-refractivity contribution in [3.05, 3.63) is 41.8 Å². The topological polar surface area (TPSA) is 48.9 Å². The average Bonchev–Trinajstić information content (AvgIpc) is 2.76. The van der Waals surface area contributed by atoms with Gasteiger partial charge in [0.2, 0.25) is 0 Å². The number of aliphatic hydroxyl groups excluding tert-OH is 1. The first-order chi connectivity index (χ1) is 8.39. The summed E-state index contributed by atoms with van der Waals surface area (Å²) in [6.45, 7) is 0. The lowest BCUT2D eigenvalue weighted by Crippen LogP contribution is -2.20. The number of benzene rings is 1. The maximum atomic E-state index is 12.7. The molecule has 2 rings (SSSR count). The summed E-state index contributed by atoms with van der Waals surface area (Å²) in [4.78, 5) is 0. The molecule has 18 heavy (non-hydrogen) atoms. The Bertz CT molecular complexity index is 533. The van der Waals surface area contributed by atoms with Gasteiger partial charge in [0.1, 0.15) is 5.82 Å². The molecule has 2 aromatic rings. The van der Waals surface area contributed by atoms with Crippen LogP contribution in [-0.2, 0) is 0 Å². The van der Waals surface area contributed by atoms with Crippen LogP contribution in [0.2, 0.25) is 0 Å². The summed E-state index contributed by atoms with van der Waals surface area (Å²) in [6, 6.07) is 4.82. The van der Waals surface area contributed by atoms with Gasteiger partial charge in [-0.1, -0.05) is 0 Å². The smallest absolute Gasteiger partial charge is 0.379 e. The van der Waals surface area contributed by atoms with E-state index >= 15 is 0 Å². The lowest BCUT2D eigenvalue weighted by atomic mass is 10.0. The number of alkyl halides is 3. The Morgan fingerprint density at radius 1 is 1.17 bits per heavy atom. The standard InChI is InChI=1S/C11H8F4N2O/c12-7-3-1-6(2-4-7)9-8(5-16-17-9)10(18)11(13,14)15/h1-5,10,18H,(H,16,17)/t10-/m0/s1. The number of nitrogens with zero attached hydrogens (tertiary/aromatic N) is 1. The van der Waals surface area contributed by atoms with Gasteiger partial charge < -0.3 is 5.11 Å². The van der Waals surface area contributed by atoms with Gasteiger partial charge in [0.05, 0.1) is 11.9 Å². The Balaban J connectivity index is 2.42. The summed E-state index contributed by atoms with van der Waals surface area (Å²) in [7, 11) is 0. The molecule has 0 bridgehead atoms. The highest BCUT2D eigenvalue weighted by Gasteiger charge is 2.41. The fraction of sp³-hybridized carbons (Fsp3) is 0.182. The SMILES string of the molecule is O[C@@H](c1cn[nH]c1-c1ccc(F)cc1)C(F)(F)F. The first-order valence-electron chi connectivity index (χ1n) is 4.93. The summed E-state index contributed by atoms with van der Waals surface area (Å²) < 4.78 is 50.0. The number of nitrogens with one attached hydrogen (secondary N) is 1. The minimum Gasteiger partial charge on any atom is -0.379 e. The molecule has 1 heterocycles. The van der Waals surface area contributed by atoms with Crippen LogP contribution in [-0.4, -0.2) is 21.5 Å². The molecule has 0 aliphatic rings. The monoisotopic (exact) mass is 260 g/mol. The van der Waals surface area contributed by atoms with Gasteiger partial charge in [-0.2, -0.15) is 18.3 Å². The van der Waals surface area contributed by atoms with Gasteiger partial charge in [0, 0.05) is 11.1 Å². The van der Waals surface area contributed by atoms with Crippen LogP contribution in [0.1, 0.15) is 11.7 Å². The maximum Gasteiger partial charge on any atom is 0.418 e. The summed E-state index contributed by atoms with van der Waals surface area (Å²) in [5.41, 5.74) is -0.0684. The fourth-order valence-electron chi connectivity index (χ4n) is 1.53. The Labute approximate surface area is 99.1 Å². The van der Waals surface area contributed by atoms with Gasteiger partial charge in [-0.3, -0.25) is 5.10 Å². The van der Waals surface area contributed by atoms with Gasteiger partial charge >= 0.3 is 6.18 Å². The molecular formula is C11H8F4N2O. The lowest BCUT2D eigenvalue weighted by Gasteiger charge is -2.14. The third-order valence-corrected chi connectivity index (χ3v) is 2.41. The van der Waals surface area contributed by atoms with E-state index in [1.807, 2.05) is 0 Å². The molecule has 3 nitrogen and oxygen atoms in total. The van der Waals surface area contributed by atoms with Crippen LogP contribution in [0.5, 0.6) is 0 Å². The van der Waals surface area contributed by atoms with Crippen molar-refractivity contribution in [3.8, 4) is 11.3 Å². The summed E-state index contributed by atoms with van der Waals surface area (Å²) in [5.74, 6) is -0.504. The zero-order chi connectivity index (χ0) is 13.3. The van der Waals surface area contributed by atoms with E-state index in [0.29, 0.717) is 5.56 Å². The van der Waals surface area contributed by atoms with Crippen molar-refractivity contribution >= 4 is 0 Å². The van der Waals surface area contributed by atoms with E-state index in [2.05, 4.69) is 10.2 Å². The van der Waals surface area contributed by atoms with Crippen LogP contribution < -0.4 is 0 Å². The molecule has 0 aliphatic carbocycles. The molecule has 0 radical (unpaired) electrons. The Hall–Kier alpha value is -1.89. The Morgan fingerprint density at radius 3 is 2.33 bits per heavy atom. The number of hydrogen-bond donors (Lipinski definition) is 2. The summed E-state index contributed by atoms with van der Waals surface area (Å²) >= 11 is 0. The van der Waals surface area contributed by atoms with E-state index in [1.54, 1.807) is 0 Å². The highest BCUT2D eigenvalue weighted by molar-refractivity contribution is 5.63. The minimum atomic E-state index is -4.78. The van der Waals surface area contributed by atoms with Crippen LogP contribution in [0.25, 0.3) is 11.3 Å². The van der Waals surface area contributed by atoms with Gasteiger partial charge in [-0.15, -0.1) is 0 Å². The number of H-pyrrole nitrogens is 1. The van der Waals surface area contributed by atoms with Crippen molar-refractivity contribution in [2.75, 3.05) is 0 Å². The van der Waals surface area contributed by atoms with Crippen molar-refractivity contribution in [2.24, 2.45) is 0 Å². The normalized spacial score (nSPS) is 13.6. The van der Waals surface area contributed by atoms with Crippen molar-refractivity contribution in [1.29, 1.82) is 0 Å². The van der Waals surface area contributed by atoms with E-state index in [9.17, 15) is 22.7 Å². The van der Waals surface area contributed by atoms with Crippen LogP contribution in [0.4, 0.5) is 17.6 Å². The number of hydrogen-bond acceptors (Lipinski definition) is 2. The van der Waals surface area contributed by atoms with E-state index in [0.717, 1.165) is 18.3 Å². The molecule has 1 aromatic heterocycles. The number of aromatic nitrogens is 2. The van der Waals surface area contributed by atoms with Crippen molar-refractivity contribution in [1.82, 2.24) is 10.2 Å². The van der Waals surface area contributed by atoms with E-state index in [4.69, 9.17) is 0 Å². The van der Waals surface area contributed by atoms with Gasteiger partial charge in [-0.25, -0.2) is 4.39 Å². The fourth-order valence-corrected chi connectivity index (χ4v) is 1.53. The van der Waals surface area contributed by atoms with Gasteiger partial charge in [-0.05, 0) is 24.3 Å². The quantitative estimate of drug-likeness (QED) is 0.816. The largest absolute Gasteiger partial charge is 0.418 e. The Kier molecular flexibility index (Phi) is 3.08. The van der Waals surface area contributed by atoms with Crippen LogP contribution >= 0.6 is 0 Å². The van der Waals surface area contributed by atoms with Crippen molar-refractivity contribution in [3.63, 3.8) is 0 Å².